The number of nitrogens with one attached hydrogen (secondary N) is 1. The molecular formula is C15H15N3O2. The van der Waals surface area contributed by atoms with Gasteiger partial charge in [-0.15, -0.1) is 0 Å². The van der Waals surface area contributed by atoms with E-state index in [0.717, 1.165) is 5.56 Å². The first-order chi connectivity index (χ1) is 9.54. The molecule has 0 radical (unpaired) electrons. The molecule has 1 aromatic carbocycles. The van der Waals surface area contributed by atoms with E-state index in [1.807, 2.05) is 12.1 Å². The highest BCUT2D eigenvalue weighted by atomic mass is 16.3. The third-order valence-electron chi connectivity index (χ3n) is 2.62. The van der Waals surface area contributed by atoms with Crippen LogP contribution >= 0.6 is 0 Å². The second-order valence-corrected chi connectivity index (χ2v) is 4.31. The number of aryl methyl sites for hydroxylation is 1. The normalized spacial score (nSPS) is 10.7. The van der Waals surface area contributed by atoms with Crippen LogP contribution in [0.15, 0.2) is 42.5 Å². The van der Waals surface area contributed by atoms with Crippen LogP contribution in [0.25, 0.3) is 6.08 Å². The minimum Gasteiger partial charge on any atom is -0.504 e. The molecule has 1 aromatic heterocycles. The number of aromatic hydroxyl groups is 1. The Labute approximate surface area is 116 Å². The summed E-state index contributed by atoms with van der Waals surface area (Å²) in [7, 11) is 0. The van der Waals surface area contributed by atoms with E-state index in [-0.39, 0.29) is 17.5 Å². The van der Waals surface area contributed by atoms with Gasteiger partial charge >= 0.3 is 0 Å². The first-order valence-electron chi connectivity index (χ1n) is 6.06. The van der Waals surface area contributed by atoms with E-state index < -0.39 is 0 Å². The zero-order chi connectivity index (χ0) is 14.5. The van der Waals surface area contributed by atoms with Crippen LogP contribution in [-0.4, -0.2) is 16.0 Å². The Kier molecular flexibility index (Phi) is 4.00. The van der Waals surface area contributed by atoms with Crippen molar-refractivity contribution in [2.24, 2.45) is 0 Å². The smallest absolute Gasteiger partial charge is 0.249 e. The molecule has 5 nitrogen and oxygen atoms in total. The summed E-state index contributed by atoms with van der Waals surface area (Å²) in [5, 5.41) is 12.1. The van der Waals surface area contributed by atoms with Crippen molar-refractivity contribution in [3.63, 3.8) is 0 Å². The number of aromatic nitrogens is 1. The number of rotatable bonds is 3. The Bertz CT molecular complexity index is 649. The molecule has 102 valence electrons. The minimum atomic E-state index is -0.366. The zero-order valence-electron chi connectivity index (χ0n) is 11.0. The second-order valence-electron chi connectivity index (χ2n) is 4.31. The van der Waals surface area contributed by atoms with Crippen LogP contribution in [0.5, 0.6) is 5.75 Å². The van der Waals surface area contributed by atoms with Crippen molar-refractivity contribution in [1.29, 1.82) is 0 Å². The lowest BCUT2D eigenvalue weighted by Crippen LogP contribution is -2.09. The molecule has 4 N–H and O–H groups in total. The van der Waals surface area contributed by atoms with Gasteiger partial charge in [-0.05, 0) is 42.8 Å². The fourth-order valence-electron chi connectivity index (χ4n) is 1.58. The molecule has 0 fully saturated rings. The summed E-state index contributed by atoms with van der Waals surface area (Å²) in [6.07, 6.45) is 3.02. The van der Waals surface area contributed by atoms with Gasteiger partial charge in [0.25, 0.3) is 0 Å². The Morgan fingerprint density at radius 1 is 1.25 bits per heavy atom. The van der Waals surface area contributed by atoms with Crippen LogP contribution in [0, 0.1) is 6.92 Å². The van der Waals surface area contributed by atoms with Gasteiger partial charge in [0, 0.05) is 17.5 Å². The average molecular weight is 269 g/mol. The summed E-state index contributed by atoms with van der Waals surface area (Å²) in [5.41, 5.74) is 7.81. The molecule has 1 heterocycles. The Hall–Kier alpha value is -2.82. The number of anilines is 2. The van der Waals surface area contributed by atoms with Crippen LogP contribution < -0.4 is 11.1 Å². The van der Waals surface area contributed by atoms with E-state index in [9.17, 15) is 9.90 Å². The van der Waals surface area contributed by atoms with Crippen LogP contribution in [0.3, 0.4) is 0 Å². The number of carbonyl (C=O) groups excluding carboxylic acids is 1. The summed E-state index contributed by atoms with van der Waals surface area (Å²) >= 11 is 0. The second kappa shape index (κ2) is 5.88. The summed E-state index contributed by atoms with van der Waals surface area (Å²) < 4.78 is 0. The molecule has 2 rings (SSSR count). The average Bonchev–Trinajstić information content (AvgIpc) is 2.42. The summed E-state index contributed by atoms with van der Waals surface area (Å²) in [5.74, 6) is -0.281. The Morgan fingerprint density at radius 2 is 1.95 bits per heavy atom. The third-order valence-corrected chi connectivity index (χ3v) is 2.62. The molecule has 0 spiro atoms. The van der Waals surface area contributed by atoms with Crippen molar-refractivity contribution in [3.05, 3.63) is 53.7 Å². The number of amides is 1. The lowest BCUT2D eigenvalue weighted by atomic mass is 10.2. The summed E-state index contributed by atoms with van der Waals surface area (Å²) in [6.45, 7) is 1.78. The summed E-state index contributed by atoms with van der Waals surface area (Å²) in [4.78, 5) is 15.8. The highest BCUT2D eigenvalue weighted by Gasteiger charge is 2.05. The number of nitrogens with two attached hydrogens (primary N) is 1. The van der Waals surface area contributed by atoms with Crippen molar-refractivity contribution >= 4 is 23.5 Å². The molecule has 0 aliphatic heterocycles. The maximum Gasteiger partial charge on any atom is 0.249 e. The SMILES string of the molecule is Cc1ccc(O)c(NC(=O)/C=C/c2ccc(N)cc2)n1. The molecule has 0 aliphatic rings. The van der Waals surface area contributed by atoms with Gasteiger partial charge in [-0.2, -0.15) is 0 Å². The van der Waals surface area contributed by atoms with Gasteiger partial charge < -0.3 is 16.2 Å². The zero-order valence-corrected chi connectivity index (χ0v) is 11.0. The first-order valence-corrected chi connectivity index (χ1v) is 6.06. The molecule has 5 heteroatoms. The van der Waals surface area contributed by atoms with E-state index in [2.05, 4.69) is 10.3 Å². The fourth-order valence-corrected chi connectivity index (χ4v) is 1.58. The van der Waals surface area contributed by atoms with E-state index in [1.165, 1.54) is 12.1 Å². The predicted molar refractivity (Wildman–Crippen MR) is 79.2 cm³/mol. The highest BCUT2D eigenvalue weighted by Crippen LogP contribution is 2.20. The monoisotopic (exact) mass is 269 g/mol. The van der Waals surface area contributed by atoms with Crippen molar-refractivity contribution in [3.8, 4) is 5.75 Å². The van der Waals surface area contributed by atoms with Crippen LogP contribution in [0.2, 0.25) is 0 Å². The molecule has 0 unspecified atom stereocenters. The molecule has 1 amide bonds. The number of hydrogen-bond donors (Lipinski definition) is 3. The van der Waals surface area contributed by atoms with Crippen LogP contribution in [-0.2, 0) is 4.79 Å². The maximum absolute atomic E-state index is 11.7. The number of hydrogen-bond acceptors (Lipinski definition) is 4. The summed E-state index contributed by atoms with van der Waals surface area (Å²) in [6, 6.07) is 10.3. The molecule has 0 atom stereocenters. The third kappa shape index (κ3) is 3.58. The van der Waals surface area contributed by atoms with Gasteiger partial charge in [-0.1, -0.05) is 12.1 Å². The Morgan fingerprint density at radius 3 is 2.65 bits per heavy atom. The van der Waals surface area contributed by atoms with Crippen LogP contribution in [0.4, 0.5) is 11.5 Å². The van der Waals surface area contributed by atoms with Crippen molar-refractivity contribution in [2.75, 3.05) is 11.1 Å². The minimum absolute atomic E-state index is 0.0650. The van der Waals surface area contributed by atoms with Gasteiger partial charge in [-0.3, -0.25) is 4.79 Å². The van der Waals surface area contributed by atoms with Crippen LogP contribution in [0.1, 0.15) is 11.3 Å². The first kappa shape index (κ1) is 13.6. The molecule has 20 heavy (non-hydrogen) atoms. The number of nitrogens with zero attached hydrogens (tertiary/aromatic N) is 1. The standard InChI is InChI=1S/C15H15N3O2/c1-10-2-8-13(19)15(17-10)18-14(20)9-5-11-3-6-12(16)7-4-11/h2-9,19H,16H2,1H3,(H,17,18,20)/b9-5+. The fraction of sp³-hybridized carbons (Fsp3) is 0.0667. The topological polar surface area (TPSA) is 88.2 Å². The van der Waals surface area contributed by atoms with Crippen molar-refractivity contribution in [2.45, 2.75) is 6.92 Å². The van der Waals surface area contributed by atoms with Gasteiger partial charge in [0.2, 0.25) is 5.91 Å². The number of nitrogen functional groups attached to an aromatic ring is 1. The molecular weight excluding hydrogens is 254 g/mol. The lowest BCUT2D eigenvalue weighted by Gasteiger charge is -2.04. The lowest BCUT2D eigenvalue weighted by molar-refractivity contribution is -0.111. The van der Waals surface area contributed by atoms with Gasteiger partial charge in [0.05, 0.1) is 0 Å². The van der Waals surface area contributed by atoms with E-state index in [4.69, 9.17) is 5.73 Å². The predicted octanol–water partition coefficient (Wildman–Crippen LogP) is 2.33. The molecule has 2 aromatic rings. The number of pyridine rings is 1. The highest BCUT2D eigenvalue weighted by molar-refractivity contribution is 6.02. The van der Waals surface area contributed by atoms with E-state index >= 15 is 0 Å². The quantitative estimate of drug-likeness (QED) is 0.589. The molecule has 0 bridgehead atoms. The van der Waals surface area contributed by atoms with Gasteiger partial charge in [0.15, 0.2) is 11.6 Å². The van der Waals surface area contributed by atoms with Gasteiger partial charge in [0.1, 0.15) is 0 Å². The molecule has 0 saturated heterocycles. The number of benzene rings is 1. The molecule has 0 aliphatic carbocycles. The Balaban J connectivity index is 2.05. The van der Waals surface area contributed by atoms with E-state index in [1.54, 1.807) is 31.2 Å². The van der Waals surface area contributed by atoms with Crippen molar-refractivity contribution < 1.29 is 9.90 Å². The molecule has 0 saturated carbocycles. The van der Waals surface area contributed by atoms with Crippen molar-refractivity contribution in [1.82, 2.24) is 4.98 Å². The van der Waals surface area contributed by atoms with Gasteiger partial charge in [-0.25, -0.2) is 4.98 Å². The largest absolute Gasteiger partial charge is 0.504 e. The number of carbonyl (C=O) groups is 1. The van der Waals surface area contributed by atoms with E-state index in [0.29, 0.717) is 11.4 Å². The maximum atomic E-state index is 11.7.